The van der Waals surface area contributed by atoms with Gasteiger partial charge < -0.3 is 10.6 Å². The van der Waals surface area contributed by atoms with Gasteiger partial charge in [-0.2, -0.15) is 0 Å². The van der Waals surface area contributed by atoms with Crippen molar-refractivity contribution in [3.63, 3.8) is 0 Å². The van der Waals surface area contributed by atoms with Crippen LogP contribution in [0.5, 0.6) is 0 Å². The highest BCUT2D eigenvalue weighted by Crippen LogP contribution is 2.41. The van der Waals surface area contributed by atoms with Gasteiger partial charge >= 0.3 is 0 Å². The van der Waals surface area contributed by atoms with Crippen molar-refractivity contribution in [1.82, 2.24) is 10.6 Å². The number of carbonyl (C=O) groups excluding carboxylic acids is 1. The number of amides is 1. The number of nitrogens with one attached hydrogen (secondary N) is 2. The Balaban J connectivity index is 0.00000176. The smallest absolute Gasteiger partial charge is 0.230 e. The lowest BCUT2D eigenvalue weighted by atomic mass is 9.77. The summed E-state index contributed by atoms with van der Waals surface area (Å²) >= 11 is 0. The molecule has 0 unspecified atom stereocenters. The molecule has 2 N–H and O–H groups in total. The monoisotopic (exact) mass is 322 g/mol. The van der Waals surface area contributed by atoms with Crippen molar-refractivity contribution in [2.75, 3.05) is 13.1 Å². The van der Waals surface area contributed by atoms with E-state index in [0.717, 1.165) is 51.6 Å². The number of hydrogen-bond acceptors (Lipinski definition) is 2. The molecule has 1 aliphatic heterocycles. The lowest BCUT2D eigenvalue weighted by Gasteiger charge is -2.32. The Hall–Kier alpha value is -1.06. The molecule has 1 atom stereocenters. The zero-order chi connectivity index (χ0) is 14.7. The van der Waals surface area contributed by atoms with Gasteiger partial charge in [-0.3, -0.25) is 4.79 Å². The fourth-order valence-electron chi connectivity index (χ4n) is 3.87. The summed E-state index contributed by atoms with van der Waals surface area (Å²) in [7, 11) is 0. The Morgan fingerprint density at radius 1 is 1.27 bits per heavy atom. The summed E-state index contributed by atoms with van der Waals surface area (Å²) < 4.78 is 0. The van der Waals surface area contributed by atoms with E-state index in [1.807, 2.05) is 0 Å². The van der Waals surface area contributed by atoms with Gasteiger partial charge in [-0.25, -0.2) is 0 Å². The summed E-state index contributed by atoms with van der Waals surface area (Å²) in [6.45, 7) is 4.10. The number of benzene rings is 1. The highest BCUT2D eigenvalue weighted by atomic mass is 35.5. The first kappa shape index (κ1) is 17.3. The fourth-order valence-corrected chi connectivity index (χ4v) is 3.87. The predicted molar refractivity (Wildman–Crippen MR) is 92.6 cm³/mol. The largest absolute Gasteiger partial charge is 0.351 e. The molecule has 1 amide bonds. The highest BCUT2D eigenvalue weighted by Gasteiger charge is 2.43. The van der Waals surface area contributed by atoms with Crippen molar-refractivity contribution in [3.05, 3.63) is 35.4 Å². The van der Waals surface area contributed by atoms with Crippen LogP contribution in [0.4, 0.5) is 0 Å². The van der Waals surface area contributed by atoms with E-state index in [4.69, 9.17) is 0 Å². The lowest BCUT2D eigenvalue weighted by molar-refractivity contribution is -0.127. The lowest BCUT2D eigenvalue weighted by Crippen LogP contribution is -2.51. The molecule has 1 aromatic carbocycles. The number of hydrogen-bond donors (Lipinski definition) is 2. The molecular weight excluding hydrogens is 296 g/mol. The zero-order valence-corrected chi connectivity index (χ0v) is 14.2. The zero-order valence-electron chi connectivity index (χ0n) is 13.4. The number of rotatable bonds is 3. The maximum atomic E-state index is 13.0. The van der Waals surface area contributed by atoms with E-state index in [-0.39, 0.29) is 23.7 Å². The molecule has 2 aliphatic rings. The molecule has 4 heteroatoms. The summed E-state index contributed by atoms with van der Waals surface area (Å²) in [6, 6.07) is 8.82. The Morgan fingerprint density at radius 3 is 2.68 bits per heavy atom. The van der Waals surface area contributed by atoms with Crippen molar-refractivity contribution >= 4 is 18.3 Å². The summed E-state index contributed by atoms with van der Waals surface area (Å²) in [6.07, 6.45) is 6.55. The molecule has 3 rings (SSSR count). The average molecular weight is 323 g/mol. The minimum atomic E-state index is -0.288. The molecule has 1 aromatic rings. The van der Waals surface area contributed by atoms with Gasteiger partial charge in [0.25, 0.3) is 0 Å². The van der Waals surface area contributed by atoms with Crippen LogP contribution in [0.15, 0.2) is 24.3 Å². The highest BCUT2D eigenvalue weighted by molar-refractivity contribution is 5.89. The van der Waals surface area contributed by atoms with E-state index < -0.39 is 0 Å². The van der Waals surface area contributed by atoms with Crippen LogP contribution in [0, 0.1) is 6.92 Å². The topological polar surface area (TPSA) is 41.1 Å². The van der Waals surface area contributed by atoms with E-state index in [2.05, 4.69) is 41.8 Å². The summed E-state index contributed by atoms with van der Waals surface area (Å²) in [5.74, 6) is 0.249. The van der Waals surface area contributed by atoms with Gasteiger partial charge in [0.15, 0.2) is 0 Å². The average Bonchev–Trinajstić information content (AvgIpc) is 2.99. The standard InChI is InChI=1S/C18H26N2O.ClH/c1-14-6-4-7-15(12-14)18(9-2-3-10-18)17(21)20-16-8-5-11-19-13-16;/h4,6-7,12,16,19H,2-3,5,8-11,13H2,1H3,(H,20,21);1H/t16-;/m0./s1. The van der Waals surface area contributed by atoms with Crippen LogP contribution in [0.1, 0.15) is 49.7 Å². The second-order valence-electron chi connectivity index (χ2n) is 6.68. The number of halogens is 1. The summed E-state index contributed by atoms with van der Waals surface area (Å²) in [4.78, 5) is 13.0. The van der Waals surface area contributed by atoms with Crippen LogP contribution in [-0.2, 0) is 10.2 Å². The number of piperidine rings is 1. The molecule has 1 saturated carbocycles. The Labute approximate surface area is 139 Å². The molecule has 3 nitrogen and oxygen atoms in total. The van der Waals surface area contributed by atoms with Crippen molar-refractivity contribution in [1.29, 1.82) is 0 Å². The maximum absolute atomic E-state index is 13.0. The summed E-state index contributed by atoms with van der Waals surface area (Å²) in [5, 5.41) is 6.70. The van der Waals surface area contributed by atoms with Crippen LogP contribution in [0.3, 0.4) is 0 Å². The number of carbonyl (C=O) groups is 1. The third-order valence-electron chi connectivity index (χ3n) is 5.09. The van der Waals surface area contributed by atoms with Crippen LogP contribution < -0.4 is 10.6 Å². The van der Waals surface area contributed by atoms with E-state index in [0.29, 0.717) is 6.04 Å². The molecule has 1 saturated heterocycles. The fraction of sp³-hybridized carbons (Fsp3) is 0.611. The van der Waals surface area contributed by atoms with E-state index >= 15 is 0 Å². The molecule has 122 valence electrons. The minimum absolute atomic E-state index is 0. The van der Waals surface area contributed by atoms with E-state index in [1.165, 1.54) is 11.1 Å². The van der Waals surface area contributed by atoms with Crippen LogP contribution in [0.25, 0.3) is 0 Å². The quantitative estimate of drug-likeness (QED) is 0.898. The van der Waals surface area contributed by atoms with Crippen LogP contribution in [0.2, 0.25) is 0 Å². The Kier molecular flexibility index (Phi) is 5.87. The Morgan fingerprint density at radius 2 is 2.05 bits per heavy atom. The molecule has 22 heavy (non-hydrogen) atoms. The predicted octanol–water partition coefficient (Wildman–Crippen LogP) is 3.10. The van der Waals surface area contributed by atoms with Gasteiger partial charge in [0.2, 0.25) is 5.91 Å². The maximum Gasteiger partial charge on any atom is 0.230 e. The molecule has 0 radical (unpaired) electrons. The molecule has 1 aliphatic carbocycles. The first-order chi connectivity index (χ1) is 10.2. The van der Waals surface area contributed by atoms with Gasteiger partial charge in [-0.1, -0.05) is 42.7 Å². The van der Waals surface area contributed by atoms with Gasteiger partial charge in [0, 0.05) is 12.6 Å². The van der Waals surface area contributed by atoms with Gasteiger partial charge in [-0.15, -0.1) is 12.4 Å². The van der Waals surface area contributed by atoms with Crippen molar-refractivity contribution in [3.8, 4) is 0 Å². The first-order valence-electron chi connectivity index (χ1n) is 8.29. The van der Waals surface area contributed by atoms with Crippen molar-refractivity contribution in [2.45, 2.75) is 56.9 Å². The van der Waals surface area contributed by atoms with Gasteiger partial charge in [0.1, 0.15) is 0 Å². The van der Waals surface area contributed by atoms with E-state index in [9.17, 15) is 4.79 Å². The molecule has 2 fully saturated rings. The molecule has 0 spiro atoms. The second kappa shape index (κ2) is 7.47. The Bertz CT molecular complexity index is 506. The molecule has 1 heterocycles. The third-order valence-corrected chi connectivity index (χ3v) is 5.09. The van der Waals surface area contributed by atoms with E-state index in [1.54, 1.807) is 0 Å². The SMILES string of the molecule is Cc1cccc(C2(C(=O)N[C@H]3CCCNC3)CCCC2)c1.Cl. The molecular formula is C18H27ClN2O. The van der Waals surface area contributed by atoms with Gasteiger partial charge in [-0.05, 0) is 44.7 Å². The second-order valence-corrected chi connectivity index (χ2v) is 6.68. The van der Waals surface area contributed by atoms with Crippen LogP contribution in [-0.4, -0.2) is 25.0 Å². The first-order valence-corrected chi connectivity index (χ1v) is 8.29. The van der Waals surface area contributed by atoms with Crippen LogP contribution >= 0.6 is 12.4 Å². The van der Waals surface area contributed by atoms with Gasteiger partial charge in [0.05, 0.1) is 5.41 Å². The summed E-state index contributed by atoms with van der Waals surface area (Å²) in [5.41, 5.74) is 2.16. The normalized spacial score (nSPS) is 23.6. The van der Waals surface area contributed by atoms with Crippen molar-refractivity contribution in [2.24, 2.45) is 0 Å². The third kappa shape index (κ3) is 3.47. The minimum Gasteiger partial charge on any atom is -0.351 e. The molecule has 0 aromatic heterocycles. The van der Waals surface area contributed by atoms with Crippen molar-refractivity contribution < 1.29 is 4.79 Å². The number of aryl methyl sites for hydroxylation is 1. The molecule has 0 bridgehead atoms.